The maximum absolute atomic E-state index is 12.5. The topological polar surface area (TPSA) is 96.6 Å². The number of anilines is 1. The van der Waals surface area contributed by atoms with Gasteiger partial charge < -0.3 is 19.7 Å². The fourth-order valence-electron chi connectivity index (χ4n) is 3.39. The molecule has 1 aromatic carbocycles. The average Bonchev–Trinajstić information content (AvgIpc) is 3.30. The molecular weight excluding hydrogens is 360 g/mol. The quantitative estimate of drug-likeness (QED) is 0.675. The Bertz CT molecular complexity index is 848. The third kappa shape index (κ3) is 4.27. The number of nitrogens with one attached hydrogen (secondary N) is 2. The number of hydrogen-bond donors (Lipinski definition) is 2. The molecule has 2 amide bonds. The molecule has 0 saturated carbocycles. The van der Waals surface area contributed by atoms with Crippen molar-refractivity contribution in [2.45, 2.75) is 26.2 Å². The summed E-state index contributed by atoms with van der Waals surface area (Å²) in [6.07, 6.45) is 3.67. The Morgan fingerprint density at radius 1 is 1.36 bits per heavy atom. The Balaban J connectivity index is 1.56. The van der Waals surface area contributed by atoms with Gasteiger partial charge in [-0.1, -0.05) is 0 Å². The first-order valence-electron chi connectivity index (χ1n) is 9.32. The third-order valence-corrected chi connectivity index (χ3v) is 5.03. The number of aromatic nitrogens is 2. The molecule has 2 N–H and O–H groups in total. The number of aryl methyl sites for hydroxylation is 2. The lowest BCUT2D eigenvalue weighted by Gasteiger charge is -2.20. The van der Waals surface area contributed by atoms with Gasteiger partial charge in [0.05, 0.1) is 32.0 Å². The number of carbonyl (C=O) groups is 2. The molecule has 1 fully saturated rings. The van der Waals surface area contributed by atoms with E-state index < -0.39 is 0 Å². The molecule has 1 saturated heterocycles. The molecule has 8 heteroatoms. The summed E-state index contributed by atoms with van der Waals surface area (Å²) in [7, 11) is 3.12. The highest BCUT2D eigenvalue weighted by molar-refractivity contribution is 6.01. The number of nitrogens with zero attached hydrogens (tertiary/aromatic N) is 2. The van der Waals surface area contributed by atoms with E-state index in [2.05, 4.69) is 15.5 Å². The number of benzene rings is 1. The van der Waals surface area contributed by atoms with Crippen LogP contribution in [-0.2, 0) is 16.0 Å². The highest BCUT2D eigenvalue weighted by atomic mass is 16.5. The molecule has 0 aliphatic carbocycles. The van der Waals surface area contributed by atoms with Crippen LogP contribution in [0.5, 0.6) is 11.5 Å². The van der Waals surface area contributed by atoms with Gasteiger partial charge in [-0.15, -0.1) is 0 Å². The van der Waals surface area contributed by atoms with E-state index in [9.17, 15) is 9.59 Å². The summed E-state index contributed by atoms with van der Waals surface area (Å²) >= 11 is 0. The van der Waals surface area contributed by atoms with E-state index in [1.165, 1.54) is 0 Å². The molecule has 3 rings (SSSR count). The first-order chi connectivity index (χ1) is 13.5. The number of aromatic amines is 1. The first kappa shape index (κ1) is 19.7. The van der Waals surface area contributed by atoms with E-state index in [1.807, 2.05) is 13.1 Å². The van der Waals surface area contributed by atoms with Crippen LogP contribution in [0.2, 0.25) is 0 Å². The van der Waals surface area contributed by atoms with Crippen LogP contribution in [0, 0.1) is 12.8 Å². The predicted octanol–water partition coefficient (Wildman–Crippen LogP) is 1.84. The smallest absolute Gasteiger partial charge is 0.227 e. The second-order valence-electron chi connectivity index (χ2n) is 6.86. The summed E-state index contributed by atoms with van der Waals surface area (Å²) in [5.74, 6) is 0.637. The van der Waals surface area contributed by atoms with E-state index in [4.69, 9.17) is 9.47 Å². The van der Waals surface area contributed by atoms with Gasteiger partial charge in [-0.05, 0) is 37.5 Å². The number of amides is 2. The SMILES string of the molecule is COc1ccc(OC)c(N2CC(C(=O)NCCCc3cn[nH]c3C)CC2=O)c1. The minimum atomic E-state index is -0.376. The number of carbonyl (C=O) groups excluding carboxylic acids is 2. The van der Waals surface area contributed by atoms with Crippen molar-refractivity contribution < 1.29 is 19.1 Å². The highest BCUT2D eigenvalue weighted by Gasteiger charge is 2.36. The minimum Gasteiger partial charge on any atom is -0.497 e. The van der Waals surface area contributed by atoms with Crippen molar-refractivity contribution >= 4 is 17.5 Å². The van der Waals surface area contributed by atoms with E-state index in [-0.39, 0.29) is 24.2 Å². The standard InChI is InChI=1S/C20H26N4O4/c1-13-14(11-22-23-13)5-4-8-21-20(26)15-9-19(25)24(12-15)17-10-16(27-2)6-7-18(17)28-3/h6-7,10-11,15H,4-5,8-9,12H2,1-3H3,(H,21,26)(H,22,23). The van der Waals surface area contributed by atoms with Gasteiger partial charge in [0.15, 0.2) is 0 Å². The Morgan fingerprint density at radius 3 is 2.86 bits per heavy atom. The van der Waals surface area contributed by atoms with Gasteiger partial charge in [-0.25, -0.2) is 0 Å². The van der Waals surface area contributed by atoms with Crippen molar-refractivity contribution in [3.05, 3.63) is 35.7 Å². The molecule has 1 aliphatic heterocycles. The van der Waals surface area contributed by atoms with Crippen LogP contribution >= 0.6 is 0 Å². The molecule has 2 heterocycles. The first-order valence-corrected chi connectivity index (χ1v) is 9.32. The molecule has 0 bridgehead atoms. The van der Waals surface area contributed by atoms with Crippen molar-refractivity contribution in [3.63, 3.8) is 0 Å². The molecule has 0 spiro atoms. The minimum absolute atomic E-state index is 0.0957. The predicted molar refractivity (Wildman–Crippen MR) is 105 cm³/mol. The van der Waals surface area contributed by atoms with Gasteiger partial charge in [0, 0.05) is 31.3 Å². The van der Waals surface area contributed by atoms with Crippen LogP contribution in [0.25, 0.3) is 0 Å². The van der Waals surface area contributed by atoms with Crippen LogP contribution in [0.15, 0.2) is 24.4 Å². The number of hydrogen-bond acceptors (Lipinski definition) is 5. The zero-order valence-corrected chi connectivity index (χ0v) is 16.4. The van der Waals surface area contributed by atoms with Crippen molar-refractivity contribution in [2.75, 3.05) is 32.2 Å². The van der Waals surface area contributed by atoms with Gasteiger partial charge in [0.25, 0.3) is 0 Å². The number of methoxy groups -OCH3 is 2. The summed E-state index contributed by atoms with van der Waals surface area (Å²) in [5.41, 5.74) is 2.83. The number of ether oxygens (including phenoxy) is 2. The van der Waals surface area contributed by atoms with E-state index >= 15 is 0 Å². The summed E-state index contributed by atoms with van der Waals surface area (Å²) < 4.78 is 10.6. The normalized spacial score (nSPS) is 16.3. The largest absolute Gasteiger partial charge is 0.497 e. The number of H-pyrrole nitrogens is 1. The Morgan fingerprint density at radius 2 is 2.18 bits per heavy atom. The van der Waals surface area contributed by atoms with Gasteiger partial charge in [-0.3, -0.25) is 14.7 Å². The molecule has 28 heavy (non-hydrogen) atoms. The van der Waals surface area contributed by atoms with Gasteiger partial charge in [0.1, 0.15) is 11.5 Å². The average molecular weight is 386 g/mol. The molecular formula is C20H26N4O4. The molecule has 150 valence electrons. The highest BCUT2D eigenvalue weighted by Crippen LogP contribution is 2.36. The Kier molecular flexibility index (Phi) is 6.18. The summed E-state index contributed by atoms with van der Waals surface area (Å²) in [5, 5.41) is 9.85. The van der Waals surface area contributed by atoms with E-state index in [0.29, 0.717) is 30.3 Å². The maximum atomic E-state index is 12.5. The summed E-state index contributed by atoms with van der Waals surface area (Å²) in [6, 6.07) is 5.28. The molecule has 2 aromatic rings. The van der Waals surface area contributed by atoms with Crippen molar-refractivity contribution in [1.29, 1.82) is 0 Å². The molecule has 0 radical (unpaired) electrons. The third-order valence-electron chi connectivity index (χ3n) is 5.03. The molecule has 1 aromatic heterocycles. The van der Waals surface area contributed by atoms with Crippen molar-refractivity contribution in [2.24, 2.45) is 5.92 Å². The van der Waals surface area contributed by atoms with Crippen LogP contribution in [0.1, 0.15) is 24.1 Å². The lowest BCUT2D eigenvalue weighted by molar-refractivity contribution is -0.126. The lowest BCUT2D eigenvalue weighted by Crippen LogP contribution is -2.33. The van der Waals surface area contributed by atoms with Crippen LogP contribution < -0.4 is 19.7 Å². The molecule has 1 aliphatic rings. The molecule has 8 nitrogen and oxygen atoms in total. The zero-order chi connectivity index (χ0) is 20.1. The lowest BCUT2D eigenvalue weighted by atomic mass is 10.1. The fraction of sp³-hybridized carbons (Fsp3) is 0.450. The van der Waals surface area contributed by atoms with Crippen molar-refractivity contribution in [3.8, 4) is 11.5 Å². The van der Waals surface area contributed by atoms with Gasteiger partial charge in [0.2, 0.25) is 11.8 Å². The second-order valence-corrected chi connectivity index (χ2v) is 6.86. The second kappa shape index (κ2) is 8.77. The van der Waals surface area contributed by atoms with Crippen LogP contribution in [0.3, 0.4) is 0 Å². The Hall–Kier alpha value is -3.03. The monoisotopic (exact) mass is 386 g/mol. The summed E-state index contributed by atoms with van der Waals surface area (Å²) in [6.45, 7) is 2.87. The van der Waals surface area contributed by atoms with E-state index in [0.717, 1.165) is 24.1 Å². The zero-order valence-electron chi connectivity index (χ0n) is 16.4. The maximum Gasteiger partial charge on any atom is 0.227 e. The van der Waals surface area contributed by atoms with Crippen molar-refractivity contribution in [1.82, 2.24) is 15.5 Å². The molecule has 1 atom stereocenters. The van der Waals surface area contributed by atoms with Crippen LogP contribution in [-0.4, -0.2) is 49.3 Å². The Labute approximate surface area is 164 Å². The van der Waals surface area contributed by atoms with E-state index in [1.54, 1.807) is 37.3 Å². The summed E-state index contributed by atoms with van der Waals surface area (Å²) in [4.78, 5) is 26.6. The number of rotatable bonds is 8. The van der Waals surface area contributed by atoms with Crippen LogP contribution in [0.4, 0.5) is 5.69 Å². The van der Waals surface area contributed by atoms with Gasteiger partial charge >= 0.3 is 0 Å². The fourth-order valence-corrected chi connectivity index (χ4v) is 3.39. The molecule has 1 unspecified atom stereocenters. The van der Waals surface area contributed by atoms with Gasteiger partial charge in [-0.2, -0.15) is 5.10 Å².